The molecule has 0 fully saturated rings. The van der Waals surface area contributed by atoms with Gasteiger partial charge in [-0.3, -0.25) is 4.79 Å². The summed E-state index contributed by atoms with van der Waals surface area (Å²) in [7, 11) is 0. The normalized spacial score (nSPS) is 13.6. The highest BCUT2D eigenvalue weighted by atomic mass is 16.4. The maximum absolute atomic E-state index is 11.6. The molecule has 0 saturated carbocycles. The monoisotopic (exact) mass is 288 g/mol. The molecule has 0 radical (unpaired) electrons. The average Bonchev–Trinajstić information content (AvgIpc) is 2.33. The molecule has 0 aliphatic rings. The minimum atomic E-state index is -1.16. The highest BCUT2D eigenvalue weighted by Crippen LogP contribution is 2.07. The van der Waals surface area contributed by atoms with Gasteiger partial charge in [-0.1, -0.05) is 20.8 Å². The van der Waals surface area contributed by atoms with Crippen LogP contribution in [0.1, 0.15) is 40.0 Å². The Balaban J connectivity index is 4.14. The molecule has 0 aromatic rings. The number of hydrogen-bond donors (Lipinski definition) is 4. The smallest absolute Gasteiger partial charge is 0.326 e. The fraction of sp³-hybridized carbons (Fsp3) is 0.769. The fourth-order valence-corrected chi connectivity index (χ4v) is 1.41. The van der Waals surface area contributed by atoms with E-state index in [9.17, 15) is 14.4 Å². The number of carbonyl (C=O) groups excluding carboxylic acids is 1. The van der Waals surface area contributed by atoms with Crippen molar-refractivity contribution in [3.63, 3.8) is 0 Å². The van der Waals surface area contributed by atoms with Crippen LogP contribution in [0.3, 0.4) is 0 Å². The van der Waals surface area contributed by atoms with Crippen LogP contribution in [0.2, 0.25) is 0 Å². The Morgan fingerprint density at radius 2 is 1.70 bits per heavy atom. The van der Waals surface area contributed by atoms with E-state index in [0.717, 1.165) is 0 Å². The van der Waals surface area contributed by atoms with Crippen LogP contribution in [0, 0.1) is 11.8 Å². The molecular weight excluding hydrogens is 264 g/mol. The molecule has 20 heavy (non-hydrogen) atoms. The Bertz CT molecular complexity index is 344. The van der Waals surface area contributed by atoms with Crippen molar-refractivity contribution in [2.45, 2.75) is 46.1 Å². The second kappa shape index (κ2) is 9.17. The lowest BCUT2D eigenvalue weighted by Crippen LogP contribution is -2.47. The van der Waals surface area contributed by atoms with Crippen LogP contribution in [0.15, 0.2) is 0 Å². The number of urea groups is 1. The number of nitrogens with one attached hydrogen (secondary N) is 2. The highest BCUT2D eigenvalue weighted by Gasteiger charge is 2.20. The van der Waals surface area contributed by atoms with Gasteiger partial charge in [0.15, 0.2) is 0 Å². The van der Waals surface area contributed by atoms with E-state index in [1.807, 2.05) is 20.8 Å². The van der Waals surface area contributed by atoms with Gasteiger partial charge in [-0.25, -0.2) is 9.59 Å². The van der Waals surface area contributed by atoms with Crippen LogP contribution in [0.25, 0.3) is 0 Å². The lowest BCUT2D eigenvalue weighted by Gasteiger charge is -2.18. The standard InChI is InChI=1S/C13H24N2O5/c1-8(2)9(3)7-14-13(20)15-10(12(18)19)5-4-6-11(16)17/h8-10H,4-7H2,1-3H3,(H,16,17)(H,18,19)(H2,14,15,20)/t9?,10-/m1/s1. The van der Waals surface area contributed by atoms with Gasteiger partial charge in [0.05, 0.1) is 0 Å². The summed E-state index contributed by atoms with van der Waals surface area (Å²) >= 11 is 0. The fourth-order valence-electron chi connectivity index (χ4n) is 1.41. The van der Waals surface area contributed by atoms with Crippen LogP contribution >= 0.6 is 0 Å². The zero-order valence-corrected chi connectivity index (χ0v) is 12.2. The molecule has 7 heteroatoms. The molecule has 0 bridgehead atoms. The minimum absolute atomic E-state index is 0.0921. The summed E-state index contributed by atoms with van der Waals surface area (Å²) < 4.78 is 0. The number of carbonyl (C=O) groups is 3. The minimum Gasteiger partial charge on any atom is -0.481 e. The van der Waals surface area contributed by atoms with Gasteiger partial charge in [0.2, 0.25) is 0 Å². The quantitative estimate of drug-likeness (QED) is 0.510. The van der Waals surface area contributed by atoms with Crippen LogP contribution in [0.5, 0.6) is 0 Å². The van der Waals surface area contributed by atoms with Crippen molar-refractivity contribution in [2.24, 2.45) is 11.8 Å². The molecule has 1 unspecified atom stereocenters. The molecule has 116 valence electrons. The molecule has 0 heterocycles. The molecule has 0 spiro atoms. The summed E-state index contributed by atoms with van der Waals surface area (Å²) in [6, 6.07) is -1.61. The van der Waals surface area contributed by atoms with Crippen LogP contribution in [0.4, 0.5) is 4.79 Å². The number of aliphatic carboxylic acids is 2. The molecule has 0 aliphatic heterocycles. The summed E-state index contributed by atoms with van der Waals surface area (Å²) in [5, 5.41) is 22.4. The predicted octanol–water partition coefficient (Wildman–Crippen LogP) is 1.29. The van der Waals surface area contributed by atoms with Crippen molar-refractivity contribution in [2.75, 3.05) is 6.54 Å². The third-order valence-electron chi connectivity index (χ3n) is 3.21. The van der Waals surface area contributed by atoms with Crippen LogP contribution < -0.4 is 10.6 Å². The molecule has 0 aromatic carbocycles. The van der Waals surface area contributed by atoms with Gasteiger partial charge in [-0.2, -0.15) is 0 Å². The van der Waals surface area contributed by atoms with Crippen LogP contribution in [-0.4, -0.2) is 40.8 Å². The summed E-state index contributed by atoms with van der Waals surface area (Å²) in [5.41, 5.74) is 0. The summed E-state index contributed by atoms with van der Waals surface area (Å²) in [5.74, 6) is -1.44. The summed E-state index contributed by atoms with van der Waals surface area (Å²) in [6.07, 6.45) is 0.182. The van der Waals surface area contributed by atoms with E-state index in [1.165, 1.54) is 0 Å². The Kier molecular flexibility index (Phi) is 8.35. The molecule has 0 rings (SSSR count). The molecule has 0 saturated heterocycles. The lowest BCUT2D eigenvalue weighted by molar-refractivity contribution is -0.140. The maximum Gasteiger partial charge on any atom is 0.326 e. The van der Waals surface area contributed by atoms with Crippen molar-refractivity contribution >= 4 is 18.0 Å². The van der Waals surface area contributed by atoms with Gasteiger partial charge in [0, 0.05) is 13.0 Å². The Labute approximate surface area is 118 Å². The Morgan fingerprint density at radius 1 is 1.10 bits per heavy atom. The second-order valence-corrected chi connectivity index (χ2v) is 5.25. The molecule has 7 nitrogen and oxygen atoms in total. The van der Waals surface area contributed by atoms with Crippen LogP contribution in [-0.2, 0) is 9.59 Å². The zero-order chi connectivity index (χ0) is 15.7. The van der Waals surface area contributed by atoms with Crippen molar-refractivity contribution in [3.8, 4) is 0 Å². The topological polar surface area (TPSA) is 116 Å². The molecule has 2 atom stereocenters. The van der Waals surface area contributed by atoms with Crippen molar-refractivity contribution < 1.29 is 24.6 Å². The molecule has 0 aromatic heterocycles. The number of carboxylic acid groups (broad SMARTS) is 2. The number of rotatable bonds is 9. The number of amides is 2. The van der Waals surface area contributed by atoms with Crippen molar-refractivity contribution in [1.29, 1.82) is 0 Å². The highest BCUT2D eigenvalue weighted by molar-refractivity contribution is 5.82. The van der Waals surface area contributed by atoms with E-state index in [1.54, 1.807) is 0 Å². The number of carboxylic acids is 2. The summed E-state index contributed by atoms with van der Waals surface area (Å²) in [6.45, 7) is 6.53. The Hall–Kier alpha value is -1.79. The predicted molar refractivity (Wildman–Crippen MR) is 73.4 cm³/mol. The van der Waals surface area contributed by atoms with Gasteiger partial charge in [0.1, 0.15) is 6.04 Å². The summed E-state index contributed by atoms with van der Waals surface area (Å²) in [4.78, 5) is 32.9. The van der Waals surface area contributed by atoms with Gasteiger partial charge in [-0.05, 0) is 24.7 Å². The van der Waals surface area contributed by atoms with Crippen molar-refractivity contribution in [1.82, 2.24) is 10.6 Å². The van der Waals surface area contributed by atoms with E-state index in [4.69, 9.17) is 10.2 Å². The first-order valence-corrected chi connectivity index (χ1v) is 6.73. The SMILES string of the molecule is CC(C)C(C)CNC(=O)N[C@H](CCCC(=O)O)C(=O)O. The molecule has 0 aliphatic carbocycles. The second-order valence-electron chi connectivity index (χ2n) is 5.25. The van der Waals surface area contributed by atoms with Gasteiger partial charge in [0.25, 0.3) is 0 Å². The molecule has 4 N–H and O–H groups in total. The van der Waals surface area contributed by atoms with Crippen molar-refractivity contribution in [3.05, 3.63) is 0 Å². The van der Waals surface area contributed by atoms with E-state index < -0.39 is 24.0 Å². The third kappa shape index (κ3) is 8.34. The molecule has 2 amide bonds. The first-order chi connectivity index (χ1) is 9.23. The van der Waals surface area contributed by atoms with Gasteiger partial charge < -0.3 is 20.8 Å². The largest absolute Gasteiger partial charge is 0.481 e. The lowest BCUT2D eigenvalue weighted by atomic mass is 9.98. The van der Waals surface area contributed by atoms with E-state index in [0.29, 0.717) is 12.5 Å². The first kappa shape index (κ1) is 18.2. The van der Waals surface area contributed by atoms with Gasteiger partial charge in [-0.15, -0.1) is 0 Å². The van der Waals surface area contributed by atoms with Gasteiger partial charge >= 0.3 is 18.0 Å². The van der Waals surface area contributed by atoms with E-state index >= 15 is 0 Å². The zero-order valence-electron chi connectivity index (χ0n) is 12.2. The molecular formula is C13H24N2O5. The first-order valence-electron chi connectivity index (χ1n) is 6.73. The van der Waals surface area contributed by atoms with E-state index in [2.05, 4.69) is 10.6 Å². The number of hydrogen-bond acceptors (Lipinski definition) is 3. The Morgan fingerprint density at radius 3 is 2.15 bits per heavy atom. The average molecular weight is 288 g/mol. The van der Waals surface area contributed by atoms with E-state index in [-0.39, 0.29) is 25.2 Å². The third-order valence-corrected chi connectivity index (χ3v) is 3.21. The maximum atomic E-state index is 11.6.